The Bertz CT molecular complexity index is 902. The van der Waals surface area contributed by atoms with Crippen molar-refractivity contribution in [3.05, 3.63) is 107 Å². The van der Waals surface area contributed by atoms with E-state index in [2.05, 4.69) is 60.4 Å². The fourth-order valence-corrected chi connectivity index (χ4v) is 5.46. The molecule has 0 bridgehead atoms. The van der Waals surface area contributed by atoms with Crippen LogP contribution < -0.4 is 0 Å². The molecule has 1 heterocycles. The summed E-state index contributed by atoms with van der Waals surface area (Å²) in [4.78, 5) is 15.8. The molecule has 0 spiro atoms. The molecule has 1 unspecified atom stereocenters. The first-order valence-electron chi connectivity index (χ1n) is 10.3. The van der Waals surface area contributed by atoms with Crippen LogP contribution in [0, 0.1) is 6.92 Å². The van der Waals surface area contributed by atoms with Crippen molar-refractivity contribution in [2.75, 3.05) is 18.8 Å². The van der Waals surface area contributed by atoms with Crippen LogP contribution in [-0.2, 0) is 4.79 Å². The zero-order valence-corrected chi connectivity index (χ0v) is 17.6. The molecular weight excluding hydrogens is 374 g/mol. The number of amides is 1. The third-order valence-corrected chi connectivity index (χ3v) is 7.01. The van der Waals surface area contributed by atoms with Gasteiger partial charge in [0.15, 0.2) is 0 Å². The van der Waals surface area contributed by atoms with Gasteiger partial charge in [0.25, 0.3) is 0 Å². The lowest BCUT2D eigenvalue weighted by molar-refractivity contribution is -0.131. The van der Waals surface area contributed by atoms with Gasteiger partial charge < -0.3 is 4.90 Å². The number of aryl methyl sites for hydroxylation is 1. The highest BCUT2D eigenvalue weighted by molar-refractivity contribution is 7.99. The van der Waals surface area contributed by atoms with Gasteiger partial charge in [-0.05, 0) is 35.6 Å². The van der Waals surface area contributed by atoms with E-state index in [0.717, 1.165) is 36.4 Å². The van der Waals surface area contributed by atoms with Crippen molar-refractivity contribution < 1.29 is 4.79 Å². The molecule has 0 aliphatic carbocycles. The van der Waals surface area contributed by atoms with Crippen molar-refractivity contribution in [3.63, 3.8) is 0 Å². The number of nitrogens with zero attached hydrogens (tertiary/aromatic N) is 1. The van der Waals surface area contributed by atoms with Crippen LogP contribution in [-0.4, -0.2) is 29.6 Å². The summed E-state index contributed by atoms with van der Waals surface area (Å²) in [6.45, 7) is 3.80. The molecule has 3 aromatic rings. The molecule has 3 aromatic carbocycles. The molecule has 0 radical (unpaired) electrons. The summed E-state index contributed by atoms with van der Waals surface area (Å²) in [5.74, 6) is 0.951. The maximum absolute atomic E-state index is 13.7. The van der Waals surface area contributed by atoms with Crippen molar-refractivity contribution in [2.24, 2.45) is 0 Å². The van der Waals surface area contributed by atoms with Crippen molar-refractivity contribution in [1.82, 2.24) is 4.90 Å². The Balaban J connectivity index is 1.56. The van der Waals surface area contributed by atoms with E-state index in [0.29, 0.717) is 5.25 Å². The third-order valence-electron chi connectivity index (χ3n) is 5.70. The average Bonchev–Trinajstić information content (AvgIpc) is 3.02. The van der Waals surface area contributed by atoms with Crippen molar-refractivity contribution in [1.29, 1.82) is 0 Å². The van der Waals surface area contributed by atoms with Crippen LogP contribution in [0.4, 0.5) is 0 Å². The molecule has 4 rings (SSSR count). The van der Waals surface area contributed by atoms with Crippen molar-refractivity contribution in [2.45, 2.75) is 24.5 Å². The molecule has 148 valence electrons. The summed E-state index contributed by atoms with van der Waals surface area (Å²) in [7, 11) is 0. The number of hydrogen-bond acceptors (Lipinski definition) is 2. The zero-order valence-electron chi connectivity index (χ0n) is 16.8. The molecular formula is C26H27NOS. The minimum absolute atomic E-state index is 0.216. The highest BCUT2D eigenvalue weighted by atomic mass is 32.2. The predicted molar refractivity (Wildman–Crippen MR) is 122 cm³/mol. The second-order valence-corrected chi connectivity index (χ2v) is 8.89. The van der Waals surface area contributed by atoms with Gasteiger partial charge in [-0.1, -0.05) is 84.9 Å². The van der Waals surface area contributed by atoms with Crippen LogP contribution in [0.5, 0.6) is 0 Å². The topological polar surface area (TPSA) is 20.3 Å². The number of carbonyl (C=O) groups is 1. The van der Waals surface area contributed by atoms with Crippen LogP contribution in [0.2, 0.25) is 0 Å². The zero-order chi connectivity index (χ0) is 20.1. The molecule has 1 aliphatic heterocycles. The van der Waals surface area contributed by atoms with E-state index in [1.165, 1.54) is 11.1 Å². The molecule has 0 aromatic heterocycles. The van der Waals surface area contributed by atoms with Crippen LogP contribution >= 0.6 is 11.8 Å². The summed E-state index contributed by atoms with van der Waals surface area (Å²) < 4.78 is 0. The summed E-state index contributed by atoms with van der Waals surface area (Å²) >= 11 is 1.98. The lowest BCUT2D eigenvalue weighted by Gasteiger charge is -2.27. The first-order valence-corrected chi connectivity index (χ1v) is 11.3. The molecule has 1 saturated heterocycles. The van der Waals surface area contributed by atoms with Crippen LogP contribution in [0.3, 0.4) is 0 Å². The molecule has 1 amide bonds. The molecule has 1 atom stereocenters. The molecule has 29 heavy (non-hydrogen) atoms. The first kappa shape index (κ1) is 19.8. The van der Waals surface area contributed by atoms with Crippen LogP contribution in [0.25, 0.3) is 0 Å². The summed E-state index contributed by atoms with van der Waals surface area (Å²) in [6.07, 6.45) is 0.998. The number of rotatable bonds is 4. The largest absolute Gasteiger partial charge is 0.341 e. The normalized spacial score (nSPS) is 17.2. The number of thioether (sulfide) groups is 1. The van der Waals surface area contributed by atoms with Gasteiger partial charge in [-0.3, -0.25) is 4.79 Å². The number of carbonyl (C=O) groups excluding carboxylic acids is 1. The van der Waals surface area contributed by atoms with E-state index in [4.69, 9.17) is 0 Å². The first-order chi connectivity index (χ1) is 14.2. The minimum atomic E-state index is -0.239. The molecule has 1 fully saturated rings. The predicted octanol–water partition coefficient (Wildman–Crippen LogP) is 5.83. The highest BCUT2D eigenvalue weighted by Gasteiger charge is 2.29. The van der Waals surface area contributed by atoms with Crippen LogP contribution in [0.15, 0.2) is 84.9 Å². The Hall–Kier alpha value is -2.52. The minimum Gasteiger partial charge on any atom is -0.341 e. The summed E-state index contributed by atoms with van der Waals surface area (Å²) in [5.41, 5.74) is 4.89. The fraction of sp³-hybridized carbons (Fsp3) is 0.269. The Kier molecular flexibility index (Phi) is 6.36. The molecule has 1 aliphatic rings. The summed E-state index contributed by atoms with van der Waals surface area (Å²) in [6, 6.07) is 29.0. The number of benzene rings is 3. The van der Waals surface area contributed by atoms with E-state index >= 15 is 0 Å². The standard InChI is InChI=1S/C26H27NOS/c1-20-10-8-9-15-23(20)24-16-17-27(18-19-29-24)26(28)25(21-11-4-2-5-12-21)22-13-6-3-7-14-22/h2-15,24-25H,16-19H2,1H3. The van der Waals surface area contributed by atoms with E-state index in [9.17, 15) is 4.79 Å². The molecule has 2 nitrogen and oxygen atoms in total. The van der Waals surface area contributed by atoms with Gasteiger partial charge in [-0.15, -0.1) is 0 Å². The van der Waals surface area contributed by atoms with Crippen molar-refractivity contribution in [3.8, 4) is 0 Å². The van der Waals surface area contributed by atoms with Gasteiger partial charge in [0, 0.05) is 24.1 Å². The maximum atomic E-state index is 13.7. The Morgan fingerprint density at radius 3 is 2.07 bits per heavy atom. The SMILES string of the molecule is Cc1ccccc1C1CCN(C(=O)C(c2ccccc2)c2ccccc2)CCS1. The van der Waals surface area contributed by atoms with Crippen LogP contribution in [0.1, 0.15) is 39.8 Å². The van der Waals surface area contributed by atoms with Crippen molar-refractivity contribution >= 4 is 17.7 Å². The second-order valence-electron chi connectivity index (χ2n) is 7.58. The van der Waals surface area contributed by atoms with Gasteiger partial charge in [0.05, 0.1) is 5.92 Å². The maximum Gasteiger partial charge on any atom is 0.234 e. The third kappa shape index (κ3) is 4.56. The monoisotopic (exact) mass is 401 g/mol. The number of hydrogen-bond donors (Lipinski definition) is 0. The quantitative estimate of drug-likeness (QED) is 0.548. The highest BCUT2D eigenvalue weighted by Crippen LogP contribution is 2.37. The summed E-state index contributed by atoms with van der Waals surface area (Å²) in [5, 5.41) is 0.459. The average molecular weight is 402 g/mol. The van der Waals surface area contributed by atoms with E-state index in [1.807, 2.05) is 48.2 Å². The Labute approximate surface area is 178 Å². The molecule has 0 saturated carbocycles. The Morgan fingerprint density at radius 1 is 0.862 bits per heavy atom. The molecule has 0 N–H and O–H groups in total. The van der Waals surface area contributed by atoms with Gasteiger partial charge in [-0.2, -0.15) is 11.8 Å². The smallest absolute Gasteiger partial charge is 0.234 e. The van der Waals surface area contributed by atoms with E-state index < -0.39 is 0 Å². The van der Waals surface area contributed by atoms with E-state index in [1.54, 1.807) is 0 Å². The molecule has 3 heteroatoms. The van der Waals surface area contributed by atoms with Gasteiger partial charge in [-0.25, -0.2) is 0 Å². The Morgan fingerprint density at radius 2 is 1.45 bits per heavy atom. The second kappa shape index (κ2) is 9.32. The lowest BCUT2D eigenvalue weighted by Crippen LogP contribution is -2.37. The fourth-order valence-electron chi connectivity index (χ4n) is 4.14. The lowest BCUT2D eigenvalue weighted by atomic mass is 9.90. The van der Waals surface area contributed by atoms with E-state index in [-0.39, 0.29) is 11.8 Å². The van der Waals surface area contributed by atoms with Gasteiger partial charge in [0.2, 0.25) is 5.91 Å². The van der Waals surface area contributed by atoms with Gasteiger partial charge in [0.1, 0.15) is 0 Å². The van der Waals surface area contributed by atoms with Gasteiger partial charge >= 0.3 is 0 Å².